The Labute approximate surface area is 193 Å². The first-order chi connectivity index (χ1) is 15.7. The van der Waals surface area contributed by atoms with E-state index in [1.54, 1.807) is 24.2 Å². The van der Waals surface area contributed by atoms with Gasteiger partial charge < -0.3 is 15.5 Å². The second kappa shape index (κ2) is 9.13. The summed E-state index contributed by atoms with van der Waals surface area (Å²) in [5.74, 6) is 1.13. The number of hydrogen-bond donors (Lipinski definition) is 2. The molecule has 5 rings (SSSR count). The highest BCUT2D eigenvalue weighted by Gasteiger charge is 2.23. The Morgan fingerprint density at radius 3 is 2.72 bits per heavy atom. The fourth-order valence-corrected chi connectivity index (χ4v) is 5.43. The zero-order chi connectivity index (χ0) is 21.9. The van der Waals surface area contributed by atoms with E-state index in [9.17, 15) is 4.21 Å². The van der Waals surface area contributed by atoms with Crippen LogP contribution in [0.1, 0.15) is 12.0 Å². The Morgan fingerprint density at radius 2 is 1.84 bits per heavy atom. The molecule has 0 saturated heterocycles. The molecule has 0 saturated carbocycles. The number of rotatable bonds is 5. The van der Waals surface area contributed by atoms with E-state index in [0.717, 1.165) is 24.2 Å². The molecule has 1 aromatic heterocycles. The number of pyridine rings is 1. The second-order valence-electron chi connectivity index (χ2n) is 7.39. The highest BCUT2D eigenvalue weighted by Crippen LogP contribution is 2.45. The van der Waals surface area contributed by atoms with Gasteiger partial charge in [0, 0.05) is 41.5 Å². The van der Waals surface area contributed by atoms with E-state index in [0.29, 0.717) is 18.2 Å². The maximum atomic E-state index is 12.0. The number of amidine groups is 2. The van der Waals surface area contributed by atoms with Crippen LogP contribution in [0.25, 0.3) is 0 Å². The Kier molecular flexibility index (Phi) is 5.91. The number of para-hydroxylation sites is 2. The smallest absolute Gasteiger partial charge is 0.269 e. The minimum Gasteiger partial charge on any atom is -0.366 e. The van der Waals surface area contributed by atoms with Gasteiger partial charge in [0.25, 0.3) is 11.2 Å². The summed E-state index contributed by atoms with van der Waals surface area (Å²) in [6, 6.07) is 18.6. The summed E-state index contributed by atoms with van der Waals surface area (Å²) in [6.45, 7) is 0.701. The third-order valence-corrected chi connectivity index (χ3v) is 7.11. The lowest BCUT2D eigenvalue weighted by Gasteiger charge is -2.23. The van der Waals surface area contributed by atoms with Gasteiger partial charge >= 0.3 is 0 Å². The third-order valence-electron chi connectivity index (χ3n) is 5.31. The van der Waals surface area contributed by atoms with Crippen LogP contribution in [0, 0.1) is 0 Å². The molecule has 0 bridgehead atoms. The summed E-state index contributed by atoms with van der Waals surface area (Å²) in [5.41, 5.74) is 4.53. The van der Waals surface area contributed by atoms with Crippen molar-refractivity contribution in [3.63, 3.8) is 0 Å². The fraction of sp³-hybridized carbons (Fsp3) is 0.174. The van der Waals surface area contributed by atoms with Gasteiger partial charge in [-0.2, -0.15) is 0 Å². The first kappa shape index (κ1) is 20.7. The van der Waals surface area contributed by atoms with E-state index in [4.69, 9.17) is 0 Å². The maximum absolute atomic E-state index is 12.0. The number of fused-ring (bicyclic) bond motifs is 2. The zero-order valence-corrected chi connectivity index (χ0v) is 19.1. The van der Waals surface area contributed by atoms with Crippen molar-refractivity contribution in [3.8, 4) is 0 Å². The predicted octanol–water partition coefficient (Wildman–Crippen LogP) is 4.34. The summed E-state index contributed by atoms with van der Waals surface area (Å²) in [5, 5.41) is 6.92. The van der Waals surface area contributed by atoms with E-state index in [-0.39, 0.29) is 0 Å². The van der Waals surface area contributed by atoms with E-state index < -0.39 is 11.2 Å². The average molecular weight is 463 g/mol. The average Bonchev–Trinajstić information content (AvgIpc) is 3.21. The van der Waals surface area contributed by atoms with Crippen LogP contribution in [0.3, 0.4) is 0 Å². The molecule has 2 aromatic carbocycles. The molecule has 9 heteroatoms. The number of aryl methyl sites for hydroxylation is 1. The molecule has 162 valence electrons. The van der Waals surface area contributed by atoms with Gasteiger partial charge in [-0.05, 0) is 48.7 Å². The summed E-state index contributed by atoms with van der Waals surface area (Å²) in [7, 11) is 1.88. The molecular weight excluding hydrogens is 440 g/mol. The number of nitrogens with zero attached hydrogens (tertiary/aromatic N) is 4. The maximum Gasteiger partial charge on any atom is 0.269 e. The molecule has 7 nitrogen and oxygen atoms in total. The van der Waals surface area contributed by atoms with Gasteiger partial charge in [-0.15, -0.1) is 8.80 Å². The van der Waals surface area contributed by atoms with Crippen LogP contribution in [-0.4, -0.2) is 34.5 Å². The fourth-order valence-electron chi connectivity index (χ4n) is 3.69. The molecule has 3 heterocycles. The standard InChI is InChI=1S/C23H22N6OS2/c1-29(17-11-14-24-15-12-17)23-22(27-32(30)28-23)25-13-5-7-16-6-4-10-20-21(16)26-18-8-2-3-9-19(18)31-20/h2-4,6,8-12,14-15,26H,5,7,13H2,1H3,(H,25,27). The summed E-state index contributed by atoms with van der Waals surface area (Å²) in [6.07, 6.45) is 5.25. The van der Waals surface area contributed by atoms with Gasteiger partial charge in [-0.25, -0.2) is 4.21 Å². The molecule has 3 aromatic rings. The monoisotopic (exact) mass is 462 g/mol. The molecular formula is C23H22N6OS2. The van der Waals surface area contributed by atoms with Crippen LogP contribution in [0.15, 0.2) is 85.6 Å². The van der Waals surface area contributed by atoms with Gasteiger partial charge in [-0.1, -0.05) is 36.0 Å². The largest absolute Gasteiger partial charge is 0.366 e. The highest BCUT2D eigenvalue weighted by molar-refractivity contribution is 7.99. The number of hydrogen-bond acceptors (Lipinski definition) is 6. The van der Waals surface area contributed by atoms with Crippen molar-refractivity contribution >= 4 is 51.7 Å². The molecule has 0 aliphatic carbocycles. The number of likely N-dealkylation sites (N-methyl/N-ethyl adjacent to an activating group) is 1. The SMILES string of the molecule is CN(C1=NS(=O)N=C1NCCCc1cccc2c1Nc1ccccc1S2)c1ccncc1. The Hall–Kier alpha value is -3.17. The number of anilines is 3. The Bertz CT molecular complexity index is 1230. The van der Waals surface area contributed by atoms with Crippen LogP contribution in [0.2, 0.25) is 0 Å². The van der Waals surface area contributed by atoms with E-state index in [1.807, 2.05) is 24.1 Å². The van der Waals surface area contributed by atoms with Gasteiger partial charge in [0.2, 0.25) is 0 Å². The number of nitrogens with one attached hydrogen (secondary N) is 2. The van der Waals surface area contributed by atoms with Crippen LogP contribution in [0.5, 0.6) is 0 Å². The topological polar surface area (TPSA) is 82.0 Å². The molecule has 0 spiro atoms. The van der Waals surface area contributed by atoms with Gasteiger partial charge in [0.05, 0.1) is 11.4 Å². The van der Waals surface area contributed by atoms with Gasteiger partial charge in [0.15, 0.2) is 11.7 Å². The number of benzene rings is 2. The van der Waals surface area contributed by atoms with Crippen molar-refractivity contribution < 1.29 is 4.21 Å². The molecule has 2 aliphatic rings. The minimum atomic E-state index is -1.60. The number of aromatic nitrogens is 1. The van der Waals surface area contributed by atoms with E-state index >= 15 is 0 Å². The normalized spacial score (nSPS) is 16.3. The minimum absolute atomic E-state index is 0.556. The van der Waals surface area contributed by atoms with Gasteiger partial charge in [-0.3, -0.25) is 4.98 Å². The van der Waals surface area contributed by atoms with Crippen molar-refractivity contribution in [2.45, 2.75) is 22.6 Å². The van der Waals surface area contributed by atoms with Crippen molar-refractivity contribution in [3.05, 3.63) is 72.6 Å². The second-order valence-corrected chi connectivity index (χ2v) is 9.30. The zero-order valence-electron chi connectivity index (χ0n) is 17.5. The van der Waals surface area contributed by atoms with Crippen LogP contribution in [-0.2, 0) is 17.6 Å². The molecule has 0 fully saturated rings. The molecule has 2 aliphatic heterocycles. The molecule has 1 unspecified atom stereocenters. The quantitative estimate of drug-likeness (QED) is 0.430. The molecule has 2 N–H and O–H groups in total. The lowest BCUT2D eigenvalue weighted by atomic mass is 10.1. The van der Waals surface area contributed by atoms with Crippen LogP contribution >= 0.6 is 11.8 Å². The van der Waals surface area contributed by atoms with Crippen molar-refractivity contribution in [2.24, 2.45) is 8.80 Å². The van der Waals surface area contributed by atoms with Crippen molar-refractivity contribution in [2.75, 3.05) is 23.8 Å². The van der Waals surface area contributed by atoms with E-state index in [1.165, 1.54) is 21.0 Å². The van der Waals surface area contributed by atoms with Gasteiger partial charge in [0.1, 0.15) is 0 Å². The first-order valence-corrected chi connectivity index (χ1v) is 12.2. The van der Waals surface area contributed by atoms with Crippen molar-refractivity contribution in [1.29, 1.82) is 0 Å². The first-order valence-electron chi connectivity index (χ1n) is 10.3. The molecule has 1 atom stereocenters. The summed E-state index contributed by atoms with van der Waals surface area (Å²) < 4.78 is 20.3. The Morgan fingerprint density at radius 1 is 1.03 bits per heavy atom. The lowest BCUT2D eigenvalue weighted by molar-refractivity contribution is 0.686. The Balaban J connectivity index is 1.22. The highest BCUT2D eigenvalue weighted by atomic mass is 32.2. The lowest BCUT2D eigenvalue weighted by Crippen LogP contribution is -2.40. The van der Waals surface area contributed by atoms with Crippen molar-refractivity contribution in [1.82, 2.24) is 10.3 Å². The molecule has 0 radical (unpaired) electrons. The summed E-state index contributed by atoms with van der Waals surface area (Å²) >= 11 is 0.203. The predicted molar refractivity (Wildman–Crippen MR) is 132 cm³/mol. The van der Waals surface area contributed by atoms with E-state index in [2.05, 4.69) is 66.9 Å². The molecule has 0 amide bonds. The molecule has 32 heavy (non-hydrogen) atoms. The third kappa shape index (κ3) is 4.26. The van der Waals surface area contributed by atoms with Crippen LogP contribution < -0.4 is 15.5 Å². The summed E-state index contributed by atoms with van der Waals surface area (Å²) in [4.78, 5) is 8.40. The van der Waals surface area contributed by atoms with Crippen LogP contribution in [0.4, 0.5) is 17.1 Å².